The van der Waals surface area contributed by atoms with E-state index in [1.807, 2.05) is 12.2 Å². The van der Waals surface area contributed by atoms with Gasteiger partial charge in [-0.1, -0.05) is 12.2 Å². The van der Waals surface area contributed by atoms with E-state index in [2.05, 4.69) is 0 Å². The smallest absolute Gasteiger partial charge is 0.226 e. The topological polar surface area (TPSA) is 60.4 Å². The average molecular weight is 222 g/mol. The van der Waals surface area contributed by atoms with Crippen LogP contribution >= 0.6 is 0 Å². The average Bonchev–Trinajstić information content (AvgIpc) is 2.81. The van der Waals surface area contributed by atoms with E-state index in [9.17, 15) is 14.7 Å². The number of nitrogens with zero attached hydrogens (tertiary/aromatic N) is 1. The second-order valence-corrected chi connectivity index (χ2v) is 4.51. The van der Waals surface area contributed by atoms with Crippen molar-refractivity contribution in [3.63, 3.8) is 0 Å². The van der Waals surface area contributed by atoms with Crippen molar-refractivity contribution in [2.24, 2.45) is 11.8 Å². The van der Waals surface area contributed by atoms with Crippen LogP contribution in [0.1, 0.15) is 25.7 Å². The summed E-state index contributed by atoms with van der Waals surface area (Å²) in [4.78, 5) is 24.9. The van der Waals surface area contributed by atoms with Crippen molar-refractivity contribution >= 4 is 11.9 Å². The zero-order valence-corrected chi connectivity index (χ0v) is 9.22. The molecular weight excluding hydrogens is 206 g/mol. The Morgan fingerprint density at radius 3 is 2.19 bits per heavy atom. The first-order valence-electron chi connectivity index (χ1n) is 5.85. The lowest BCUT2D eigenvalue weighted by molar-refractivity contribution is -0.313. The first-order chi connectivity index (χ1) is 7.70. The number of amides is 1. The van der Waals surface area contributed by atoms with Crippen LogP contribution in [-0.4, -0.2) is 29.9 Å². The maximum atomic E-state index is 12.1. The van der Waals surface area contributed by atoms with Gasteiger partial charge in [0.15, 0.2) is 0 Å². The molecule has 0 aromatic heterocycles. The summed E-state index contributed by atoms with van der Waals surface area (Å²) >= 11 is 0. The maximum Gasteiger partial charge on any atom is 0.226 e. The fourth-order valence-electron chi connectivity index (χ4n) is 2.52. The van der Waals surface area contributed by atoms with Gasteiger partial charge in [-0.2, -0.15) is 0 Å². The minimum absolute atomic E-state index is 0.00366. The van der Waals surface area contributed by atoms with E-state index in [1.165, 1.54) is 0 Å². The first kappa shape index (κ1) is 11.2. The van der Waals surface area contributed by atoms with E-state index in [4.69, 9.17) is 0 Å². The highest BCUT2D eigenvalue weighted by atomic mass is 16.4. The third-order valence-corrected chi connectivity index (χ3v) is 3.47. The summed E-state index contributed by atoms with van der Waals surface area (Å²) in [5.41, 5.74) is 0. The lowest BCUT2D eigenvalue weighted by atomic mass is 9.82. The maximum absolute atomic E-state index is 12.1. The van der Waals surface area contributed by atoms with Crippen LogP contribution in [0.15, 0.2) is 12.2 Å². The van der Waals surface area contributed by atoms with Gasteiger partial charge in [-0.3, -0.25) is 4.79 Å². The third kappa shape index (κ3) is 2.10. The van der Waals surface area contributed by atoms with Gasteiger partial charge in [0.1, 0.15) is 0 Å². The van der Waals surface area contributed by atoms with Crippen molar-refractivity contribution in [2.45, 2.75) is 25.7 Å². The number of carboxylic acids is 1. The van der Waals surface area contributed by atoms with Crippen LogP contribution in [0, 0.1) is 11.8 Å². The zero-order chi connectivity index (χ0) is 11.5. The highest BCUT2D eigenvalue weighted by molar-refractivity contribution is 5.85. The molecule has 2 aliphatic rings. The summed E-state index contributed by atoms with van der Waals surface area (Å²) in [6.07, 6.45) is 6.75. The molecule has 4 heteroatoms. The van der Waals surface area contributed by atoms with E-state index in [1.54, 1.807) is 4.90 Å². The summed E-state index contributed by atoms with van der Waals surface area (Å²) < 4.78 is 0. The van der Waals surface area contributed by atoms with Crippen LogP contribution in [0.25, 0.3) is 0 Å². The summed E-state index contributed by atoms with van der Waals surface area (Å²) in [6.45, 7) is 1.55. The van der Waals surface area contributed by atoms with Crippen molar-refractivity contribution < 1.29 is 14.7 Å². The molecule has 0 radical (unpaired) electrons. The molecule has 0 unspecified atom stereocenters. The quantitative estimate of drug-likeness (QED) is 0.615. The molecule has 88 valence electrons. The predicted octanol–water partition coefficient (Wildman–Crippen LogP) is -0.0589. The molecule has 1 saturated heterocycles. The van der Waals surface area contributed by atoms with E-state index in [-0.39, 0.29) is 5.91 Å². The minimum Gasteiger partial charge on any atom is -0.550 e. The molecule has 1 aliphatic heterocycles. The lowest BCUT2D eigenvalue weighted by Gasteiger charge is -2.31. The van der Waals surface area contributed by atoms with Gasteiger partial charge in [0.25, 0.3) is 0 Å². The predicted molar refractivity (Wildman–Crippen MR) is 56.2 cm³/mol. The monoisotopic (exact) mass is 222 g/mol. The van der Waals surface area contributed by atoms with Crippen LogP contribution in [0.5, 0.6) is 0 Å². The number of allylic oxidation sites excluding steroid dienone is 2. The lowest BCUT2D eigenvalue weighted by Crippen LogP contribution is -2.44. The Labute approximate surface area is 94.9 Å². The highest BCUT2D eigenvalue weighted by Gasteiger charge is 2.33. The highest BCUT2D eigenvalue weighted by Crippen LogP contribution is 2.28. The molecule has 2 atom stereocenters. The van der Waals surface area contributed by atoms with Crippen LogP contribution < -0.4 is 5.11 Å². The van der Waals surface area contributed by atoms with Gasteiger partial charge < -0.3 is 14.8 Å². The van der Waals surface area contributed by atoms with Gasteiger partial charge in [0, 0.05) is 30.9 Å². The standard InChI is InChI=1S/C12H17NO3/c14-11(13-7-3-4-8-13)9-5-1-2-6-10(9)12(15)16/h1-2,9-10H,3-8H2,(H,15,16)/p-1/t9-,10-/m1/s1. The Balaban J connectivity index is 2.08. The van der Waals surface area contributed by atoms with Crippen LogP contribution in [0.2, 0.25) is 0 Å². The molecule has 1 amide bonds. The van der Waals surface area contributed by atoms with Crippen molar-refractivity contribution in [1.29, 1.82) is 0 Å². The normalized spacial score (nSPS) is 29.4. The summed E-state index contributed by atoms with van der Waals surface area (Å²) in [5, 5.41) is 11.0. The van der Waals surface area contributed by atoms with E-state index in [0.29, 0.717) is 12.8 Å². The van der Waals surface area contributed by atoms with E-state index < -0.39 is 17.8 Å². The zero-order valence-electron chi connectivity index (χ0n) is 9.22. The number of likely N-dealkylation sites (tertiary alicyclic amines) is 1. The second-order valence-electron chi connectivity index (χ2n) is 4.51. The van der Waals surface area contributed by atoms with Crippen LogP contribution in [0.3, 0.4) is 0 Å². The van der Waals surface area contributed by atoms with Crippen molar-refractivity contribution in [1.82, 2.24) is 4.90 Å². The molecule has 0 N–H and O–H groups in total. The van der Waals surface area contributed by atoms with Crippen molar-refractivity contribution in [3.05, 3.63) is 12.2 Å². The Morgan fingerprint density at radius 1 is 1.06 bits per heavy atom. The number of hydrogen-bond acceptors (Lipinski definition) is 3. The second kappa shape index (κ2) is 4.68. The number of carboxylic acid groups (broad SMARTS) is 1. The Morgan fingerprint density at radius 2 is 1.62 bits per heavy atom. The van der Waals surface area contributed by atoms with Gasteiger partial charge in [-0.05, 0) is 25.7 Å². The SMILES string of the molecule is O=C([O-])[C@@H]1CC=CC[C@H]1C(=O)N1CCCC1. The Bertz CT molecular complexity index is 318. The number of carbonyl (C=O) groups excluding carboxylic acids is 2. The van der Waals surface area contributed by atoms with Gasteiger partial charge in [-0.15, -0.1) is 0 Å². The fourth-order valence-corrected chi connectivity index (χ4v) is 2.52. The largest absolute Gasteiger partial charge is 0.550 e. The van der Waals surface area contributed by atoms with Crippen molar-refractivity contribution in [2.75, 3.05) is 13.1 Å². The van der Waals surface area contributed by atoms with Gasteiger partial charge in [0.2, 0.25) is 5.91 Å². The summed E-state index contributed by atoms with van der Waals surface area (Å²) in [5.74, 6) is -2.15. The molecule has 0 spiro atoms. The molecule has 2 rings (SSSR count). The van der Waals surface area contributed by atoms with Crippen molar-refractivity contribution in [3.8, 4) is 0 Å². The van der Waals surface area contributed by atoms with E-state index in [0.717, 1.165) is 25.9 Å². The molecule has 1 fully saturated rings. The molecule has 1 aliphatic carbocycles. The minimum atomic E-state index is -1.10. The van der Waals surface area contributed by atoms with Gasteiger partial charge in [0.05, 0.1) is 0 Å². The number of aliphatic carboxylic acids is 1. The molecule has 0 saturated carbocycles. The van der Waals surface area contributed by atoms with Crippen LogP contribution in [0.4, 0.5) is 0 Å². The number of rotatable bonds is 2. The molecule has 4 nitrogen and oxygen atoms in total. The third-order valence-electron chi connectivity index (χ3n) is 3.47. The molecular formula is C12H16NO3-. The van der Waals surface area contributed by atoms with Gasteiger partial charge in [-0.25, -0.2) is 0 Å². The summed E-state index contributed by atoms with van der Waals surface area (Å²) in [7, 11) is 0. The van der Waals surface area contributed by atoms with E-state index >= 15 is 0 Å². The number of hydrogen-bond donors (Lipinski definition) is 0. The number of carbonyl (C=O) groups is 2. The molecule has 1 heterocycles. The molecule has 0 aromatic carbocycles. The fraction of sp³-hybridized carbons (Fsp3) is 0.667. The summed E-state index contributed by atoms with van der Waals surface area (Å²) in [6, 6.07) is 0. The van der Waals surface area contributed by atoms with Gasteiger partial charge >= 0.3 is 0 Å². The Hall–Kier alpha value is -1.32. The molecule has 0 bridgehead atoms. The molecule has 0 aromatic rings. The first-order valence-corrected chi connectivity index (χ1v) is 5.85. The van der Waals surface area contributed by atoms with Crippen LogP contribution in [-0.2, 0) is 9.59 Å². The Kier molecular flexibility index (Phi) is 3.27. The molecule has 16 heavy (non-hydrogen) atoms.